The van der Waals surface area contributed by atoms with E-state index in [9.17, 15) is 0 Å². The highest BCUT2D eigenvalue weighted by molar-refractivity contribution is 4.81. The minimum absolute atomic E-state index is 0.414. The molecule has 1 fully saturated rings. The van der Waals surface area contributed by atoms with Gasteiger partial charge in [-0.3, -0.25) is 4.90 Å². The van der Waals surface area contributed by atoms with Crippen LogP contribution in [-0.2, 0) is 4.74 Å². The molecule has 0 amide bonds. The molecule has 0 aromatic heterocycles. The molecule has 90 valence electrons. The first-order valence-electron chi connectivity index (χ1n) is 6.28. The lowest BCUT2D eigenvalue weighted by molar-refractivity contribution is -0.0505. The number of ether oxygens (including phenoxy) is 1. The Labute approximate surface area is 94.0 Å². The average Bonchev–Trinajstić information content (AvgIpc) is 2.30. The van der Waals surface area contributed by atoms with E-state index >= 15 is 0 Å². The van der Waals surface area contributed by atoms with Gasteiger partial charge in [0.15, 0.2) is 0 Å². The minimum Gasteiger partial charge on any atom is -0.376 e. The van der Waals surface area contributed by atoms with Crippen molar-refractivity contribution in [2.45, 2.75) is 45.8 Å². The Kier molecular flexibility index (Phi) is 5.58. The van der Waals surface area contributed by atoms with Gasteiger partial charge in [-0.05, 0) is 12.3 Å². The summed E-state index contributed by atoms with van der Waals surface area (Å²) >= 11 is 0. The molecule has 15 heavy (non-hydrogen) atoms. The van der Waals surface area contributed by atoms with E-state index in [4.69, 9.17) is 10.5 Å². The molecule has 2 N–H and O–H groups in total. The quantitative estimate of drug-likeness (QED) is 0.753. The van der Waals surface area contributed by atoms with Crippen LogP contribution >= 0.6 is 0 Å². The minimum atomic E-state index is 0.414. The third-order valence-corrected chi connectivity index (χ3v) is 3.64. The van der Waals surface area contributed by atoms with Gasteiger partial charge < -0.3 is 10.5 Å². The number of morpholine rings is 1. The molecule has 0 aromatic carbocycles. The lowest BCUT2D eigenvalue weighted by Gasteiger charge is -2.40. The van der Waals surface area contributed by atoms with Crippen molar-refractivity contribution in [3.63, 3.8) is 0 Å². The summed E-state index contributed by atoms with van der Waals surface area (Å²) in [4.78, 5) is 2.52. The molecule has 3 heteroatoms. The summed E-state index contributed by atoms with van der Waals surface area (Å²) in [5.74, 6) is 0.686. The molecule has 1 heterocycles. The van der Waals surface area contributed by atoms with E-state index in [1.54, 1.807) is 0 Å². The lowest BCUT2D eigenvalue weighted by atomic mass is 9.96. The van der Waals surface area contributed by atoms with Gasteiger partial charge in [0.25, 0.3) is 0 Å². The fraction of sp³-hybridized carbons (Fsp3) is 1.00. The summed E-state index contributed by atoms with van der Waals surface area (Å²) in [7, 11) is 0. The molecule has 1 rings (SSSR count). The molecule has 0 aromatic rings. The molecule has 0 aliphatic carbocycles. The summed E-state index contributed by atoms with van der Waals surface area (Å²) in [6.07, 6.45) is 2.72. The Morgan fingerprint density at radius 2 is 2.20 bits per heavy atom. The van der Waals surface area contributed by atoms with Gasteiger partial charge in [-0.15, -0.1) is 0 Å². The predicted molar refractivity (Wildman–Crippen MR) is 63.9 cm³/mol. The van der Waals surface area contributed by atoms with Crippen LogP contribution in [0.1, 0.15) is 33.6 Å². The highest BCUT2D eigenvalue weighted by Gasteiger charge is 2.27. The molecule has 0 radical (unpaired) electrons. The highest BCUT2D eigenvalue weighted by atomic mass is 16.5. The van der Waals surface area contributed by atoms with Crippen LogP contribution in [0.3, 0.4) is 0 Å². The Morgan fingerprint density at radius 1 is 1.47 bits per heavy atom. The van der Waals surface area contributed by atoms with E-state index in [0.717, 1.165) is 32.7 Å². The van der Waals surface area contributed by atoms with E-state index in [-0.39, 0.29) is 0 Å². The lowest BCUT2D eigenvalue weighted by Crippen LogP contribution is -2.52. The number of hydrogen-bond donors (Lipinski definition) is 1. The molecule has 3 atom stereocenters. The van der Waals surface area contributed by atoms with Crippen LogP contribution in [0.5, 0.6) is 0 Å². The fourth-order valence-corrected chi connectivity index (χ4v) is 2.30. The van der Waals surface area contributed by atoms with E-state index in [0.29, 0.717) is 18.1 Å². The average molecular weight is 214 g/mol. The first kappa shape index (κ1) is 12.9. The number of nitrogens with zero attached hydrogens (tertiary/aromatic N) is 1. The maximum absolute atomic E-state index is 5.88. The standard InChI is InChI=1S/C12H26N2O/c1-4-10(3)12(8-13)14-6-7-15-11(5-2)9-14/h10-12H,4-9,13H2,1-3H3. The van der Waals surface area contributed by atoms with Gasteiger partial charge in [-0.1, -0.05) is 27.2 Å². The van der Waals surface area contributed by atoms with E-state index < -0.39 is 0 Å². The summed E-state index contributed by atoms with van der Waals surface area (Å²) in [5, 5.41) is 0. The van der Waals surface area contributed by atoms with E-state index in [1.807, 2.05) is 0 Å². The topological polar surface area (TPSA) is 38.5 Å². The highest BCUT2D eigenvalue weighted by Crippen LogP contribution is 2.18. The van der Waals surface area contributed by atoms with Crippen LogP contribution in [0, 0.1) is 5.92 Å². The van der Waals surface area contributed by atoms with Crippen LogP contribution < -0.4 is 5.73 Å². The number of rotatable bonds is 5. The third kappa shape index (κ3) is 3.44. The van der Waals surface area contributed by atoms with E-state index in [1.165, 1.54) is 6.42 Å². The maximum Gasteiger partial charge on any atom is 0.0700 e. The summed E-state index contributed by atoms with van der Waals surface area (Å²) in [5.41, 5.74) is 5.88. The Hall–Kier alpha value is -0.120. The van der Waals surface area contributed by atoms with Crippen molar-refractivity contribution in [3.8, 4) is 0 Å². The second-order valence-corrected chi connectivity index (χ2v) is 4.58. The van der Waals surface area contributed by atoms with Crippen LogP contribution in [0.15, 0.2) is 0 Å². The zero-order chi connectivity index (χ0) is 11.3. The zero-order valence-corrected chi connectivity index (χ0v) is 10.4. The molecule has 1 aliphatic heterocycles. The van der Waals surface area contributed by atoms with Crippen molar-refractivity contribution in [2.75, 3.05) is 26.2 Å². The Bertz CT molecular complexity index is 175. The van der Waals surface area contributed by atoms with Crippen molar-refractivity contribution >= 4 is 0 Å². The Morgan fingerprint density at radius 3 is 2.73 bits per heavy atom. The second-order valence-electron chi connectivity index (χ2n) is 4.58. The van der Waals surface area contributed by atoms with Crippen LogP contribution in [0.4, 0.5) is 0 Å². The zero-order valence-electron chi connectivity index (χ0n) is 10.4. The van der Waals surface area contributed by atoms with Crippen molar-refractivity contribution in [1.82, 2.24) is 4.90 Å². The van der Waals surface area contributed by atoms with Gasteiger partial charge in [0.1, 0.15) is 0 Å². The van der Waals surface area contributed by atoms with Gasteiger partial charge in [-0.2, -0.15) is 0 Å². The van der Waals surface area contributed by atoms with Crippen LogP contribution in [-0.4, -0.2) is 43.3 Å². The normalized spacial score (nSPS) is 27.6. The number of hydrogen-bond acceptors (Lipinski definition) is 3. The van der Waals surface area contributed by atoms with Crippen LogP contribution in [0.2, 0.25) is 0 Å². The molecule has 1 aliphatic rings. The summed E-state index contributed by atoms with van der Waals surface area (Å²) in [6, 6.07) is 0.535. The summed E-state index contributed by atoms with van der Waals surface area (Å²) < 4.78 is 5.68. The van der Waals surface area contributed by atoms with Gasteiger partial charge in [0.05, 0.1) is 12.7 Å². The summed E-state index contributed by atoms with van der Waals surface area (Å²) in [6.45, 7) is 10.5. The molecule has 0 spiro atoms. The van der Waals surface area contributed by atoms with Crippen LogP contribution in [0.25, 0.3) is 0 Å². The van der Waals surface area contributed by atoms with Crippen molar-refractivity contribution in [1.29, 1.82) is 0 Å². The van der Waals surface area contributed by atoms with Gasteiger partial charge >= 0.3 is 0 Å². The molecule has 0 bridgehead atoms. The van der Waals surface area contributed by atoms with Gasteiger partial charge in [0.2, 0.25) is 0 Å². The molecular formula is C12H26N2O. The molecule has 1 saturated heterocycles. The number of nitrogens with two attached hydrogens (primary N) is 1. The maximum atomic E-state index is 5.88. The largest absolute Gasteiger partial charge is 0.376 e. The first-order chi connectivity index (χ1) is 7.22. The molecular weight excluding hydrogens is 188 g/mol. The SMILES string of the molecule is CCC1CN(C(CN)C(C)CC)CCO1. The first-order valence-corrected chi connectivity index (χ1v) is 6.28. The van der Waals surface area contributed by atoms with Crippen molar-refractivity contribution in [3.05, 3.63) is 0 Å². The van der Waals surface area contributed by atoms with E-state index in [2.05, 4.69) is 25.7 Å². The monoisotopic (exact) mass is 214 g/mol. The Balaban J connectivity index is 2.51. The van der Waals surface area contributed by atoms with Crippen molar-refractivity contribution in [2.24, 2.45) is 11.7 Å². The molecule has 0 saturated carbocycles. The predicted octanol–water partition coefficient (Wildman–Crippen LogP) is 1.47. The second kappa shape index (κ2) is 6.46. The molecule has 3 unspecified atom stereocenters. The van der Waals surface area contributed by atoms with Crippen molar-refractivity contribution < 1.29 is 4.74 Å². The third-order valence-electron chi connectivity index (χ3n) is 3.64. The molecule has 3 nitrogen and oxygen atoms in total. The smallest absolute Gasteiger partial charge is 0.0700 e. The van der Waals surface area contributed by atoms with Gasteiger partial charge in [0, 0.05) is 25.7 Å². The fourth-order valence-electron chi connectivity index (χ4n) is 2.30. The van der Waals surface area contributed by atoms with Gasteiger partial charge in [-0.25, -0.2) is 0 Å².